The maximum Gasteiger partial charge on any atom is 0.341 e. The van der Waals surface area contributed by atoms with Gasteiger partial charge in [0, 0.05) is 6.42 Å². The molecular weight excluding hydrogens is 721 g/mol. The molecule has 1 atom stereocenters. The van der Waals surface area contributed by atoms with E-state index in [4.69, 9.17) is 18.9 Å². The Morgan fingerprint density at radius 1 is 0.621 bits per heavy atom. The maximum atomic E-state index is 13.9. The smallest absolute Gasteiger partial charge is 0.341 e. The van der Waals surface area contributed by atoms with Crippen molar-refractivity contribution in [2.45, 2.75) is 137 Å². The molecule has 0 amide bonds. The lowest BCUT2D eigenvalue weighted by Gasteiger charge is -2.35. The molecule has 6 heteroatoms. The predicted octanol–water partition coefficient (Wildman–Crippen LogP) is 13.8. The molecule has 0 spiro atoms. The topological polar surface area (TPSA) is 71.1 Å². The highest BCUT2D eigenvalue weighted by Crippen LogP contribution is 2.58. The van der Waals surface area contributed by atoms with Crippen LogP contribution in [0.25, 0.3) is 17.2 Å². The van der Waals surface area contributed by atoms with E-state index in [0.29, 0.717) is 36.0 Å². The van der Waals surface area contributed by atoms with Gasteiger partial charge in [0.1, 0.15) is 11.3 Å². The van der Waals surface area contributed by atoms with Crippen LogP contribution in [0.3, 0.4) is 0 Å². The van der Waals surface area contributed by atoms with Gasteiger partial charge in [-0.2, -0.15) is 0 Å². The van der Waals surface area contributed by atoms with E-state index in [1.807, 2.05) is 31.2 Å². The van der Waals surface area contributed by atoms with Crippen LogP contribution in [0, 0.1) is 6.92 Å². The zero-order chi connectivity index (χ0) is 41.5. The Bertz CT molecular complexity index is 2020. The first-order valence-electron chi connectivity index (χ1n) is 22.1. The number of hydrogen-bond donors (Lipinski definition) is 0. The molecule has 58 heavy (non-hydrogen) atoms. The number of rotatable bonds is 23. The second kappa shape index (κ2) is 21.8. The van der Waals surface area contributed by atoms with Crippen molar-refractivity contribution in [2.75, 3.05) is 19.8 Å². The highest BCUT2D eigenvalue weighted by Gasteiger charge is 2.47. The van der Waals surface area contributed by atoms with E-state index in [-0.39, 0.29) is 19.0 Å². The van der Waals surface area contributed by atoms with Crippen molar-refractivity contribution >= 4 is 18.0 Å². The molecule has 4 aromatic carbocycles. The van der Waals surface area contributed by atoms with E-state index in [9.17, 15) is 9.59 Å². The Morgan fingerprint density at radius 2 is 1.22 bits per heavy atom. The summed E-state index contributed by atoms with van der Waals surface area (Å²) in [4.78, 5) is 26.9. The molecule has 0 saturated heterocycles. The zero-order valence-electron chi connectivity index (χ0n) is 36.3. The van der Waals surface area contributed by atoms with Gasteiger partial charge in [0.25, 0.3) is 0 Å². The molecule has 310 valence electrons. The molecular formula is C52H66O6. The lowest BCUT2D eigenvalue weighted by Crippen LogP contribution is -2.29. The van der Waals surface area contributed by atoms with Crippen LogP contribution in [0.5, 0.6) is 17.2 Å². The first-order chi connectivity index (χ1) is 28.2. The molecule has 0 bridgehead atoms. The van der Waals surface area contributed by atoms with Gasteiger partial charge in [0.2, 0.25) is 0 Å². The number of carbonyl (C=O) groups excluding carboxylic acids is 2. The molecule has 0 fully saturated rings. The summed E-state index contributed by atoms with van der Waals surface area (Å²) in [5.41, 5.74) is 9.26. The van der Waals surface area contributed by atoms with Gasteiger partial charge < -0.3 is 18.9 Å². The molecule has 0 N–H and O–H groups in total. The minimum absolute atomic E-state index is 0.228. The van der Waals surface area contributed by atoms with E-state index < -0.39 is 11.4 Å². The van der Waals surface area contributed by atoms with Crippen LogP contribution < -0.4 is 14.2 Å². The number of benzene rings is 4. The summed E-state index contributed by atoms with van der Waals surface area (Å²) < 4.78 is 24.5. The van der Waals surface area contributed by atoms with Crippen molar-refractivity contribution in [1.29, 1.82) is 0 Å². The van der Waals surface area contributed by atoms with Gasteiger partial charge in [0.15, 0.2) is 11.5 Å². The van der Waals surface area contributed by atoms with Crippen molar-refractivity contribution in [3.8, 4) is 28.4 Å². The van der Waals surface area contributed by atoms with Gasteiger partial charge in [0.05, 0.1) is 25.2 Å². The van der Waals surface area contributed by atoms with Crippen LogP contribution in [0.1, 0.15) is 169 Å². The molecule has 5 rings (SSSR count). The van der Waals surface area contributed by atoms with Gasteiger partial charge in [-0.3, -0.25) is 4.79 Å². The summed E-state index contributed by atoms with van der Waals surface area (Å²) in [6.07, 6.45) is 15.6. The van der Waals surface area contributed by atoms with Crippen molar-refractivity contribution in [2.24, 2.45) is 0 Å². The third-order valence-electron chi connectivity index (χ3n) is 11.2. The summed E-state index contributed by atoms with van der Waals surface area (Å²) in [6.45, 7) is 15.9. The summed E-state index contributed by atoms with van der Waals surface area (Å²) in [5.74, 6) is 0.691. The molecule has 1 aliphatic carbocycles. The molecule has 0 heterocycles. The number of unbranched alkanes of at least 4 members (excludes halogenated alkanes) is 8. The van der Waals surface area contributed by atoms with Crippen molar-refractivity contribution in [3.63, 3.8) is 0 Å². The number of ether oxygens (including phenoxy) is 4. The normalized spacial score (nSPS) is 14.5. The first-order valence-corrected chi connectivity index (χ1v) is 22.1. The SMILES string of the molecule is CCCCCCOc1ccc(C2(c3ccc(OCCCCCC)c(C(=O)OCC)c3)c3cc(C)ccc3-c3ccc(C=C(C)CCCCC)cc32)cc1OC(=O)CC. The zero-order valence-corrected chi connectivity index (χ0v) is 36.3. The molecule has 0 aliphatic heterocycles. The van der Waals surface area contributed by atoms with Gasteiger partial charge >= 0.3 is 11.9 Å². The number of carbonyl (C=O) groups is 2. The lowest BCUT2D eigenvalue weighted by atomic mass is 9.67. The highest BCUT2D eigenvalue weighted by atomic mass is 16.6. The largest absolute Gasteiger partial charge is 0.493 e. The van der Waals surface area contributed by atoms with Crippen LogP contribution in [0.2, 0.25) is 0 Å². The monoisotopic (exact) mass is 786 g/mol. The van der Waals surface area contributed by atoms with E-state index >= 15 is 0 Å². The van der Waals surface area contributed by atoms with Crippen LogP contribution >= 0.6 is 0 Å². The van der Waals surface area contributed by atoms with Gasteiger partial charge in [-0.05, 0) is 116 Å². The molecule has 6 nitrogen and oxygen atoms in total. The van der Waals surface area contributed by atoms with Crippen molar-refractivity contribution in [3.05, 3.63) is 117 Å². The van der Waals surface area contributed by atoms with Crippen LogP contribution in [-0.4, -0.2) is 31.8 Å². The third-order valence-corrected chi connectivity index (χ3v) is 11.2. The van der Waals surface area contributed by atoms with Gasteiger partial charge in [-0.1, -0.05) is 139 Å². The second-order valence-corrected chi connectivity index (χ2v) is 15.8. The molecule has 1 aliphatic rings. The minimum Gasteiger partial charge on any atom is -0.493 e. The quantitative estimate of drug-likeness (QED) is 0.0373. The number of hydrogen-bond acceptors (Lipinski definition) is 6. The lowest BCUT2D eigenvalue weighted by molar-refractivity contribution is -0.134. The summed E-state index contributed by atoms with van der Waals surface area (Å²) >= 11 is 0. The summed E-state index contributed by atoms with van der Waals surface area (Å²) in [7, 11) is 0. The first kappa shape index (κ1) is 44.3. The average molecular weight is 787 g/mol. The fourth-order valence-electron chi connectivity index (χ4n) is 8.16. The maximum absolute atomic E-state index is 13.9. The number of fused-ring (bicyclic) bond motifs is 3. The third kappa shape index (κ3) is 10.4. The Morgan fingerprint density at radius 3 is 1.88 bits per heavy atom. The molecule has 0 radical (unpaired) electrons. The Labute approximate surface area is 348 Å². The highest BCUT2D eigenvalue weighted by molar-refractivity contribution is 5.94. The second-order valence-electron chi connectivity index (χ2n) is 15.8. The predicted molar refractivity (Wildman–Crippen MR) is 237 cm³/mol. The van der Waals surface area contributed by atoms with Crippen LogP contribution in [0.4, 0.5) is 0 Å². The average Bonchev–Trinajstić information content (AvgIpc) is 3.50. The number of allylic oxidation sites excluding steroid dienone is 1. The van der Waals surface area contributed by atoms with Crippen molar-refractivity contribution in [1.82, 2.24) is 0 Å². The van der Waals surface area contributed by atoms with E-state index in [2.05, 4.69) is 89.2 Å². The molecule has 4 aromatic rings. The molecule has 0 aromatic heterocycles. The van der Waals surface area contributed by atoms with Crippen molar-refractivity contribution < 1.29 is 28.5 Å². The van der Waals surface area contributed by atoms with E-state index in [1.54, 1.807) is 6.92 Å². The Kier molecular flexibility index (Phi) is 16.6. The van der Waals surface area contributed by atoms with Crippen LogP contribution in [-0.2, 0) is 14.9 Å². The van der Waals surface area contributed by atoms with Crippen LogP contribution in [0.15, 0.2) is 78.4 Å². The summed E-state index contributed by atoms with van der Waals surface area (Å²) in [5, 5.41) is 0. The van der Waals surface area contributed by atoms with Gasteiger partial charge in [-0.25, -0.2) is 4.79 Å². The fraction of sp³-hybridized carbons (Fsp3) is 0.462. The van der Waals surface area contributed by atoms with E-state index in [1.165, 1.54) is 18.4 Å². The standard InChI is InChI=1S/C52H66O6/c1-8-13-16-19-30-56-47-28-24-40(35-44(47)51(54)55-12-5)52(41-25-29-48(57-31-20-17-14-9-2)49(36-41)58-50(53)11-4)45-33-38(7)22-26-42(45)43-27-23-39(34-46(43)52)32-37(6)21-18-15-10-3/h22-29,32-36H,8-21,30-31H2,1-7H3. The number of aryl methyl sites for hydroxylation is 1. The Balaban J connectivity index is 1.79. The fourth-order valence-corrected chi connectivity index (χ4v) is 8.16. The minimum atomic E-state index is -0.912. The van der Waals surface area contributed by atoms with Gasteiger partial charge in [-0.15, -0.1) is 0 Å². The number of esters is 2. The molecule has 0 saturated carbocycles. The van der Waals surface area contributed by atoms with E-state index in [0.717, 1.165) is 109 Å². The molecule has 1 unspecified atom stereocenters. The summed E-state index contributed by atoms with van der Waals surface area (Å²) in [6, 6.07) is 25.4. The Hall–Kier alpha value is -4.84.